The van der Waals surface area contributed by atoms with E-state index in [0.717, 1.165) is 45.3 Å². The Hall–Kier alpha value is -5.02. The van der Waals surface area contributed by atoms with Gasteiger partial charge in [0.1, 0.15) is 6.10 Å². The fourth-order valence-corrected chi connectivity index (χ4v) is 3.97. The lowest BCUT2D eigenvalue weighted by atomic mass is 9.90. The molecule has 0 aromatic rings. The molecule has 0 aromatic carbocycles. The van der Waals surface area contributed by atoms with Gasteiger partial charge in [0.25, 0.3) is 17.7 Å². The van der Waals surface area contributed by atoms with Crippen LogP contribution in [0.15, 0.2) is 61.8 Å². The highest BCUT2D eigenvalue weighted by molar-refractivity contribution is 6.66. The number of imide groups is 3. The summed E-state index contributed by atoms with van der Waals surface area (Å²) in [5.74, 6) is -3.59. The van der Waals surface area contributed by atoms with Gasteiger partial charge in [-0.05, 0) is 50.8 Å². The van der Waals surface area contributed by atoms with E-state index in [0.29, 0.717) is 6.42 Å². The zero-order chi connectivity index (χ0) is 38.9. The van der Waals surface area contributed by atoms with Crippen LogP contribution in [0.4, 0.5) is 0 Å². The molecule has 4 rings (SSSR count). The van der Waals surface area contributed by atoms with Gasteiger partial charge in [-0.2, -0.15) is 0 Å². The van der Waals surface area contributed by atoms with Crippen molar-refractivity contribution in [1.82, 2.24) is 14.7 Å². The predicted molar refractivity (Wildman–Crippen MR) is 196 cm³/mol. The first-order chi connectivity index (χ1) is 23.2. The Bertz CT molecular complexity index is 1430. The number of amides is 6. The molecule has 0 spiro atoms. The molecule has 0 aromatic heterocycles. The van der Waals surface area contributed by atoms with Gasteiger partial charge in [-0.25, -0.2) is 4.79 Å². The average molecular weight is 757 g/mol. The summed E-state index contributed by atoms with van der Waals surface area (Å²) in [7, 11) is 4.12. The SMILES string of the molecule is C.C.C=CC(=C)C.C=CC(=O)Cl.C=CC(=O)O[C@H]1CC(=O)N(C)C1=O.CC1=CC[C@H](C(=O)O[C@H]2CC(=O)N(C)C2=O)CC1.CN1C(=O)C[C@H](O)C1=O.[2HH]. The lowest BCUT2D eigenvalue weighted by Gasteiger charge is -2.20. The number of carbonyl (C=O) groups excluding carboxylic acids is 9. The van der Waals surface area contributed by atoms with Crippen LogP contribution in [-0.2, 0) is 52.6 Å². The number of nitrogens with zero attached hydrogens (tertiary/aromatic N) is 3. The lowest BCUT2D eigenvalue weighted by Crippen LogP contribution is -2.32. The molecule has 4 atom stereocenters. The Kier molecular flexibility index (Phi) is 24.7. The van der Waals surface area contributed by atoms with Crippen LogP contribution in [0.2, 0.25) is 0 Å². The predicted octanol–water partition coefficient (Wildman–Crippen LogP) is 3.45. The molecule has 0 saturated carbocycles. The molecule has 3 aliphatic heterocycles. The highest BCUT2D eigenvalue weighted by atomic mass is 35.5. The Labute approximate surface area is 312 Å². The van der Waals surface area contributed by atoms with Crippen LogP contribution >= 0.6 is 11.6 Å². The van der Waals surface area contributed by atoms with E-state index in [1.807, 2.05) is 19.9 Å². The van der Waals surface area contributed by atoms with E-state index in [1.165, 1.54) is 26.7 Å². The number of likely N-dealkylation sites (tertiary alicyclic amines) is 3. The maximum Gasteiger partial charge on any atom is 0.330 e. The van der Waals surface area contributed by atoms with E-state index < -0.39 is 47.2 Å². The average Bonchev–Trinajstić information content (AvgIpc) is 3.56. The Morgan fingerprint density at radius 3 is 1.46 bits per heavy atom. The quantitative estimate of drug-likeness (QED) is 0.103. The minimum atomic E-state index is -1.09. The van der Waals surface area contributed by atoms with Crippen LogP contribution in [0.1, 0.15) is 68.7 Å². The molecule has 3 fully saturated rings. The number of carbonyl (C=O) groups is 9. The first kappa shape index (κ1) is 51.4. The van der Waals surface area contributed by atoms with Crippen LogP contribution in [0.3, 0.4) is 0 Å². The molecule has 6 amide bonds. The zero-order valence-corrected chi connectivity index (χ0v) is 29.6. The number of aliphatic hydroxyl groups is 1. The van der Waals surface area contributed by atoms with E-state index in [9.17, 15) is 43.2 Å². The van der Waals surface area contributed by atoms with Crippen molar-refractivity contribution in [1.29, 1.82) is 0 Å². The fourth-order valence-electron chi connectivity index (χ4n) is 3.97. The lowest BCUT2D eigenvalue weighted by molar-refractivity contribution is -0.160. The van der Waals surface area contributed by atoms with Gasteiger partial charge in [-0.3, -0.25) is 53.1 Å². The third-order valence-corrected chi connectivity index (χ3v) is 7.36. The van der Waals surface area contributed by atoms with Gasteiger partial charge in [0.2, 0.25) is 23.0 Å². The first-order valence-electron chi connectivity index (χ1n) is 15.1. The summed E-state index contributed by atoms with van der Waals surface area (Å²) in [4.78, 5) is 101. The van der Waals surface area contributed by atoms with Crippen molar-refractivity contribution in [2.24, 2.45) is 5.92 Å². The standard InChI is InChI=1S/C13H17NO4.C8H9NO4.C5H7NO3.C5H8.C3H3ClO.2CH4.H2/c1-8-3-5-9(6-4-8)13(17)18-10-7-11(15)14(2)12(10)16;1-3-7(11)13-5-4-6(10)9(2)8(5)12;1-6-4(8)2-3(7)5(6)9;1-4-5(2)3;1-2-3(4)5;;;/h3,9-10H,4-7H2,1-2H3;3,5H,1,4H2,2H3;3,7H,2H2,1H3;4H,1-2H2,3H3;2H,1H2;2*1H4;1H/t9-,10-;5-;3-;;;;;/m000...../s1/i;;;;;;;1+1. The van der Waals surface area contributed by atoms with Crippen LogP contribution in [0.5, 0.6) is 0 Å². The molecule has 52 heavy (non-hydrogen) atoms. The molecule has 0 bridgehead atoms. The molecule has 3 heterocycles. The van der Waals surface area contributed by atoms with E-state index in [4.69, 9.17) is 21.4 Å². The maximum absolute atomic E-state index is 11.9. The van der Waals surface area contributed by atoms with Crippen molar-refractivity contribution in [3.63, 3.8) is 0 Å². The van der Waals surface area contributed by atoms with Gasteiger partial charge in [0.15, 0.2) is 12.2 Å². The zero-order valence-electron chi connectivity index (χ0n) is 28.8. The van der Waals surface area contributed by atoms with Crippen LogP contribution in [0, 0.1) is 5.92 Å². The Morgan fingerprint density at radius 1 is 0.808 bits per heavy atom. The monoisotopic (exact) mass is 756 g/mol. The Balaban J connectivity index is -0.000000304. The highest BCUT2D eigenvalue weighted by Crippen LogP contribution is 2.26. The smallest absolute Gasteiger partial charge is 0.330 e. The summed E-state index contributed by atoms with van der Waals surface area (Å²) in [5, 5.41) is 8.22. The third kappa shape index (κ3) is 17.3. The molecule has 0 radical (unpaired) electrons. The van der Waals surface area contributed by atoms with Gasteiger partial charge in [0, 0.05) is 28.6 Å². The summed E-state index contributed by atoms with van der Waals surface area (Å²) in [6.07, 6.45) is 4.92. The Morgan fingerprint density at radius 2 is 1.21 bits per heavy atom. The van der Waals surface area contributed by atoms with Crippen LogP contribution < -0.4 is 0 Å². The minimum Gasteiger partial charge on any atom is -0.451 e. The number of hydrogen-bond donors (Lipinski definition) is 1. The second kappa shape index (κ2) is 25.0. The van der Waals surface area contributed by atoms with Crippen molar-refractivity contribution in [2.75, 3.05) is 21.1 Å². The van der Waals surface area contributed by atoms with Crippen molar-refractivity contribution < 1.29 is 59.2 Å². The van der Waals surface area contributed by atoms with E-state index in [1.54, 1.807) is 6.08 Å². The highest BCUT2D eigenvalue weighted by Gasteiger charge is 2.40. The summed E-state index contributed by atoms with van der Waals surface area (Å²) in [6, 6.07) is 0. The molecule has 292 valence electrons. The second-order valence-corrected chi connectivity index (χ2v) is 11.5. The molecule has 1 aliphatic carbocycles. The van der Waals surface area contributed by atoms with Gasteiger partial charge in [-0.1, -0.05) is 64.5 Å². The van der Waals surface area contributed by atoms with Gasteiger partial charge >= 0.3 is 11.9 Å². The number of likely N-dealkylation sites (N-methyl/N-ethyl adjacent to an activating group) is 3. The van der Waals surface area contributed by atoms with Crippen molar-refractivity contribution in [3.8, 4) is 0 Å². The topological polar surface area (TPSA) is 202 Å². The van der Waals surface area contributed by atoms with E-state index in [2.05, 4.69) is 31.1 Å². The number of aliphatic hydroxyl groups excluding tert-OH is 1. The summed E-state index contributed by atoms with van der Waals surface area (Å²) in [5.41, 5.74) is 2.30. The largest absolute Gasteiger partial charge is 0.451 e. The third-order valence-electron chi connectivity index (χ3n) is 7.20. The number of esters is 2. The molecule has 0 unspecified atom stereocenters. The van der Waals surface area contributed by atoms with Crippen molar-refractivity contribution >= 4 is 64.2 Å². The summed E-state index contributed by atoms with van der Waals surface area (Å²) >= 11 is 4.71. The molecule has 4 aliphatic rings. The molecule has 1 N–H and O–H groups in total. The van der Waals surface area contributed by atoms with Crippen molar-refractivity contribution in [3.05, 3.63) is 61.8 Å². The molecular weight excluding hydrogens is 702 g/mol. The normalized spacial score (nSPS) is 21.4. The summed E-state index contributed by atoms with van der Waals surface area (Å²) in [6.45, 7) is 17.2. The number of allylic oxidation sites excluding steroid dienone is 5. The molecule has 16 heteroatoms. The van der Waals surface area contributed by atoms with Crippen molar-refractivity contribution in [2.45, 2.75) is 85.5 Å². The first-order valence-corrected chi connectivity index (χ1v) is 15.5. The number of hydrogen-bond acceptors (Lipinski definition) is 12. The van der Waals surface area contributed by atoms with Gasteiger partial charge in [0.05, 0.1) is 25.2 Å². The number of ether oxygens (including phenoxy) is 2. The maximum atomic E-state index is 11.9. The second-order valence-electron chi connectivity index (χ2n) is 11.1. The molecule has 15 nitrogen and oxygen atoms in total. The van der Waals surface area contributed by atoms with E-state index >= 15 is 0 Å². The fraction of sp³-hybridized carbons (Fsp3) is 0.472. The number of rotatable bonds is 6. The summed E-state index contributed by atoms with van der Waals surface area (Å²) < 4.78 is 9.80. The molecule has 3 saturated heterocycles. The minimum absolute atomic E-state index is 0. The number of halogens is 1. The molecular formula is C36H54ClN3O12. The van der Waals surface area contributed by atoms with Gasteiger partial charge < -0.3 is 14.6 Å². The van der Waals surface area contributed by atoms with Crippen LogP contribution in [0.25, 0.3) is 0 Å². The van der Waals surface area contributed by atoms with E-state index in [-0.39, 0.29) is 65.2 Å². The van der Waals surface area contributed by atoms with Crippen LogP contribution in [-0.4, -0.2) is 112 Å². The van der Waals surface area contributed by atoms with Gasteiger partial charge in [-0.15, -0.1) is 0 Å².